The third-order valence-electron chi connectivity index (χ3n) is 9.64. The summed E-state index contributed by atoms with van der Waals surface area (Å²) in [6.07, 6.45) is 12.6. The first-order valence-corrected chi connectivity index (χ1v) is 11.8. The molecule has 0 aromatic carbocycles. The lowest BCUT2D eigenvalue weighted by atomic mass is 9.46. The molecule has 0 bridgehead atoms. The van der Waals surface area contributed by atoms with Crippen LogP contribution in [0.25, 0.3) is 0 Å². The number of aliphatic hydroxyl groups is 3. The minimum absolute atomic E-state index is 0.184. The van der Waals surface area contributed by atoms with Crippen molar-refractivity contribution in [3.8, 4) is 0 Å². The Morgan fingerprint density at radius 1 is 1.04 bits per heavy atom. The Balaban J connectivity index is 1.53. The van der Waals surface area contributed by atoms with Gasteiger partial charge in [-0.15, -0.1) is 0 Å². The van der Waals surface area contributed by atoms with Gasteiger partial charge in [0.2, 0.25) is 0 Å². The zero-order valence-electron chi connectivity index (χ0n) is 18.5. The summed E-state index contributed by atoms with van der Waals surface area (Å²) in [4.78, 5) is 0. The maximum atomic E-state index is 11.2. The minimum Gasteiger partial charge on any atom is -0.393 e. The highest BCUT2D eigenvalue weighted by atomic mass is 16.3. The molecule has 0 radical (unpaired) electrons. The summed E-state index contributed by atoms with van der Waals surface area (Å²) in [6.45, 7) is 8.77. The Hall–Kier alpha value is -0.380. The second-order valence-electron chi connectivity index (χ2n) is 11.8. The highest BCUT2D eigenvalue weighted by Crippen LogP contribution is 2.66. The van der Waals surface area contributed by atoms with Crippen LogP contribution in [0.4, 0.5) is 0 Å². The van der Waals surface area contributed by atoms with Crippen LogP contribution in [-0.4, -0.2) is 33.1 Å². The van der Waals surface area contributed by atoms with Crippen LogP contribution in [0.15, 0.2) is 11.6 Å². The van der Waals surface area contributed by atoms with Crippen molar-refractivity contribution >= 4 is 0 Å². The van der Waals surface area contributed by atoms with Crippen molar-refractivity contribution < 1.29 is 15.3 Å². The summed E-state index contributed by atoms with van der Waals surface area (Å²) >= 11 is 0. The Labute approximate surface area is 171 Å². The van der Waals surface area contributed by atoms with Crippen LogP contribution < -0.4 is 0 Å². The maximum absolute atomic E-state index is 11.2. The SMILES string of the molecule is CC(C)(O)CCCC1CCC2C3C(O)C=C4CC(O)CCC4(C)C3CCC12C. The van der Waals surface area contributed by atoms with Crippen molar-refractivity contribution in [2.24, 2.45) is 34.5 Å². The standard InChI is InChI=1S/C25H42O3/c1-23(2,28)11-5-6-16-7-8-19-22-20(10-13-24(16,19)3)25(4)12-9-18(26)14-17(25)15-21(22)27/h15-16,18-22,26-28H,5-14H2,1-4H3. The van der Waals surface area contributed by atoms with E-state index in [0.717, 1.165) is 38.0 Å². The Kier molecular flexibility index (Phi) is 5.29. The second kappa shape index (κ2) is 7.10. The Morgan fingerprint density at radius 2 is 1.79 bits per heavy atom. The number of hydrogen-bond acceptors (Lipinski definition) is 3. The molecule has 0 amide bonds. The lowest BCUT2D eigenvalue weighted by Crippen LogP contribution is -2.54. The first kappa shape index (κ1) is 20.9. The molecule has 0 saturated heterocycles. The molecular formula is C25H42O3. The van der Waals surface area contributed by atoms with E-state index in [0.29, 0.717) is 23.2 Å². The van der Waals surface area contributed by atoms with E-state index in [-0.39, 0.29) is 17.6 Å². The van der Waals surface area contributed by atoms with Crippen molar-refractivity contribution in [2.75, 3.05) is 0 Å². The van der Waals surface area contributed by atoms with E-state index in [1.54, 1.807) is 0 Å². The Bertz CT molecular complexity index is 620. The van der Waals surface area contributed by atoms with Gasteiger partial charge in [0.05, 0.1) is 17.8 Å². The maximum Gasteiger partial charge on any atom is 0.0757 e. The van der Waals surface area contributed by atoms with Gasteiger partial charge >= 0.3 is 0 Å². The van der Waals surface area contributed by atoms with Crippen molar-refractivity contribution in [3.05, 3.63) is 11.6 Å². The predicted molar refractivity (Wildman–Crippen MR) is 113 cm³/mol. The molecule has 0 spiro atoms. The number of hydrogen-bond donors (Lipinski definition) is 3. The fourth-order valence-corrected chi connectivity index (χ4v) is 7.99. The largest absolute Gasteiger partial charge is 0.393 e. The van der Waals surface area contributed by atoms with E-state index >= 15 is 0 Å². The molecule has 4 aliphatic rings. The molecule has 3 heteroatoms. The molecule has 3 saturated carbocycles. The minimum atomic E-state index is -0.558. The summed E-state index contributed by atoms with van der Waals surface area (Å²) in [6, 6.07) is 0. The zero-order valence-corrected chi connectivity index (χ0v) is 18.5. The summed E-state index contributed by atoms with van der Waals surface area (Å²) < 4.78 is 0. The van der Waals surface area contributed by atoms with E-state index in [9.17, 15) is 15.3 Å². The van der Waals surface area contributed by atoms with Crippen LogP contribution in [0.5, 0.6) is 0 Å². The number of aliphatic hydroxyl groups excluding tert-OH is 2. The van der Waals surface area contributed by atoms with E-state index in [4.69, 9.17) is 0 Å². The predicted octanol–water partition coefficient (Wildman–Crippen LogP) is 4.84. The highest BCUT2D eigenvalue weighted by Gasteiger charge is 2.60. The van der Waals surface area contributed by atoms with E-state index in [2.05, 4.69) is 19.9 Å². The molecule has 28 heavy (non-hydrogen) atoms. The molecule has 160 valence electrons. The molecule has 0 aromatic heterocycles. The quantitative estimate of drug-likeness (QED) is 0.602. The topological polar surface area (TPSA) is 60.7 Å². The molecule has 8 unspecified atom stereocenters. The number of fused-ring (bicyclic) bond motifs is 5. The second-order valence-corrected chi connectivity index (χ2v) is 11.8. The first-order chi connectivity index (χ1) is 13.0. The molecule has 8 atom stereocenters. The van der Waals surface area contributed by atoms with Crippen molar-refractivity contribution in [1.82, 2.24) is 0 Å². The average molecular weight is 391 g/mol. The van der Waals surface area contributed by atoms with Gasteiger partial charge in [-0.1, -0.05) is 31.9 Å². The zero-order chi connectivity index (χ0) is 20.3. The molecule has 0 heterocycles. The van der Waals surface area contributed by atoms with Crippen LogP contribution in [0.3, 0.4) is 0 Å². The van der Waals surface area contributed by atoms with E-state index < -0.39 is 5.60 Å². The van der Waals surface area contributed by atoms with Crippen molar-refractivity contribution in [2.45, 2.75) is 110 Å². The highest BCUT2D eigenvalue weighted by molar-refractivity contribution is 5.27. The molecule has 0 aliphatic heterocycles. The molecule has 3 N–H and O–H groups in total. The van der Waals surface area contributed by atoms with Crippen LogP contribution >= 0.6 is 0 Å². The van der Waals surface area contributed by atoms with Crippen LogP contribution in [0.1, 0.15) is 91.9 Å². The normalized spacial score (nSPS) is 48.5. The number of rotatable bonds is 4. The van der Waals surface area contributed by atoms with Gasteiger partial charge in [-0.2, -0.15) is 0 Å². The van der Waals surface area contributed by atoms with Gasteiger partial charge in [-0.25, -0.2) is 0 Å². The van der Waals surface area contributed by atoms with Crippen LogP contribution in [-0.2, 0) is 0 Å². The van der Waals surface area contributed by atoms with Gasteiger partial charge in [0.15, 0.2) is 0 Å². The molecule has 4 rings (SSSR count). The lowest BCUT2D eigenvalue weighted by Gasteiger charge is -2.59. The third kappa shape index (κ3) is 3.40. The Morgan fingerprint density at radius 3 is 2.50 bits per heavy atom. The fraction of sp³-hybridized carbons (Fsp3) is 0.920. The molecule has 4 aliphatic carbocycles. The summed E-state index contributed by atoms with van der Waals surface area (Å²) in [5, 5.41) is 31.4. The van der Waals surface area contributed by atoms with Gasteiger partial charge in [0.25, 0.3) is 0 Å². The van der Waals surface area contributed by atoms with Gasteiger partial charge in [-0.3, -0.25) is 0 Å². The molecule has 3 fully saturated rings. The van der Waals surface area contributed by atoms with Crippen LogP contribution in [0, 0.1) is 34.5 Å². The molecular weight excluding hydrogens is 348 g/mol. The van der Waals surface area contributed by atoms with E-state index in [1.807, 2.05) is 13.8 Å². The van der Waals surface area contributed by atoms with Crippen molar-refractivity contribution in [1.29, 1.82) is 0 Å². The summed E-state index contributed by atoms with van der Waals surface area (Å²) in [5.41, 5.74) is 1.31. The summed E-state index contributed by atoms with van der Waals surface area (Å²) in [7, 11) is 0. The van der Waals surface area contributed by atoms with Gasteiger partial charge in [0.1, 0.15) is 0 Å². The van der Waals surface area contributed by atoms with Crippen LogP contribution in [0.2, 0.25) is 0 Å². The van der Waals surface area contributed by atoms with Gasteiger partial charge in [0, 0.05) is 0 Å². The monoisotopic (exact) mass is 390 g/mol. The molecule has 0 aromatic rings. The first-order valence-electron chi connectivity index (χ1n) is 11.8. The lowest BCUT2D eigenvalue weighted by molar-refractivity contribution is -0.0931. The molecule has 3 nitrogen and oxygen atoms in total. The van der Waals surface area contributed by atoms with Crippen molar-refractivity contribution in [3.63, 3.8) is 0 Å². The summed E-state index contributed by atoms with van der Waals surface area (Å²) in [5.74, 6) is 2.32. The fourth-order valence-electron chi connectivity index (χ4n) is 7.99. The third-order valence-corrected chi connectivity index (χ3v) is 9.64. The van der Waals surface area contributed by atoms with Gasteiger partial charge in [-0.05, 0) is 106 Å². The van der Waals surface area contributed by atoms with E-state index in [1.165, 1.54) is 37.7 Å². The average Bonchev–Trinajstić information content (AvgIpc) is 2.92. The van der Waals surface area contributed by atoms with Gasteiger partial charge < -0.3 is 15.3 Å². The smallest absolute Gasteiger partial charge is 0.0757 e.